The molecule has 0 unspecified atom stereocenters. The van der Waals surface area contributed by atoms with Gasteiger partial charge in [-0.05, 0) is 22.4 Å². The van der Waals surface area contributed by atoms with E-state index in [0.29, 0.717) is 29.2 Å². The number of aromatic nitrogens is 4. The summed E-state index contributed by atoms with van der Waals surface area (Å²) >= 11 is 0. The Morgan fingerprint density at radius 1 is 1.50 bits per heavy atom. The molecule has 0 aliphatic carbocycles. The zero-order valence-electron chi connectivity index (χ0n) is 13.0. The molecule has 3 rings (SSSR count). The lowest BCUT2D eigenvalue weighted by molar-refractivity contribution is -0.384. The average Bonchev–Trinajstić information content (AvgIpc) is 3.07. The van der Waals surface area contributed by atoms with Crippen LogP contribution in [0.5, 0.6) is 0 Å². The summed E-state index contributed by atoms with van der Waals surface area (Å²) in [6.07, 6.45) is 0.517. The van der Waals surface area contributed by atoms with Crippen LogP contribution in [0.15, 0.2) is 35.5 Å². The number of anilines is 1. The fourth-order valence-corrected chi connectivity index (χ4v) is 2.68. The van der Waals surface area contributed by atoms with Gasteiger partial charge in [0.2, 0.25) is 5.95 Å². The van der Waals surface area contributed by atoms with Crippen LogP contribution in [0.3, 0.4) is 0 Å². The van der Waals surface area contributed by atoms with Crippen molar-refractivity contribution in [2.24, 2.45) is 0 Å². The SMILES string of the molecule is CCC1=C(C(=O)OC)[C@@H](c2cccc([N+](=O)[O-])c2)n2nnnc2N1. The molecule has 2 aromatic rings. The fourth-order valence-electron chi connectivity index (χ4n) is 2.68. The quantitative estimate of drug-likeness (QED) is 0.507. The molecule has 0 bridgehead atoms. The predicted molar refractivity (Wildman–Crippen MR) is 82.0 cm³/mol. The van der Waals surface area contributed by atoms with Gasteiger partial charge in [-0.3, -0.25) is 10.1 Å². The second-order valence-corrected chi connectivity index (χ2v) is 5.06. The van der Waals surface area contributed by atoms with Crippen molar-refractivity contribution < 1.29 is 14.5 Å². The molecule has 0 spiro atoms. The molecule has 0 radical (unpaired) electrons. The number of fused-ring (bicyclic) bond motifs is 1. The summed E-state index contributed by atoms with van der Waals surface area (Å²) in [6, 6.07) is 5.31. The largest absolute Gasteiger partial charge is 0.466 e. The van der Waals surface area contributed by atoms with E-state index < -0.39 is 16.9 Å². The smallest absolute Gasteiger partial charge is 0.338 e. The average molecular weight is 330 g/mol. The van der Waals surface area contributed by atoms with E-state index in [1.165, 1.54) is 23.9 Å². The normalized spacial score (nSPS) is 16.3. The van der Waals surface area contributed by atoms with Crippen molar-refractivity contribution in [2.45, 2.75) is 19.4 Å². The van der Waals surface area contributed by atoms with Crippen LogP contribution in [0.2, 0.25) is 0 Å². The topological polar surface area (TPSA) is 125 Å². The van der Waals surface area contributed by atoms with Gasteiger partial charge in [0, 0.05) is 17.8 Å². The molecular weight excluding hydrogens is 316 g/mol. The van der Waals surface area contributed by atoms with Crippen molar-refractivity contribution in [1.29, 1.82) is 0 Å². The Balaban J connectivity index is 2.21. The first-order valence-electron chi connectivity index (χ1n) is 7.17. The second kappa shape index (κ2) is 6.07. The van der Waals surface area contributed by atoms with Gasteiger partial charge in [0.05, 0.1) is 17.6 Å². The Kier molecular flexibility index (Phi) is 3.94. The Hall–Kier alpha value is -3.30. The molecule has 2 heterocycles. The molecule has 0 amide bonds. The lowest BCUT2D eigenvalue weighted by atomic mass is 9.94. The minimum absolute atomic E-state index is 0.0806. The highest BCUT2D eigenvalue weighted by atomic mass is 16.6. The number of hydrogen-bond acceptors (Lipinski definition) is 8. The van der Waals surface area contributed by atoms with Crippen LogP contribution in [0.25, 0.3) is 0 Å². The van der Waals surface area contributed by atoms with Gasteiger partial charge in [-0.2, -0.15) is 4.68 Å². The van der Waals surface area contributed by atoms with Crippen molar-refractivity contribution in [3.8, 4) is 0 Å². The van der Waals surface area contributed by atoms with Crippen molar-refractivity contribution in [3.63, 3.8) is 0 Å². The number of methoxy groups -OCH3 is 1. The van der Waals surface area contributed by atoms with Crippen molar-refractivity contribution in [1.82, 2.24) is 20.2 Å². The summed E-state index contributed by atoms with van der Waals surface area (Å²) in [5, 5.41) is 25.5. The molecule has 0 saturated carbocycles. The molecule has 10 nitrogen and oxygen atoms in total. The molecule has 10 heteroatoms. The number of allylic oxidation sites excluding steroid dienone is 1. The van der Waals surface area contributed by atoms with Crippen LogP contribution in [-0.4, -0.2) is 38.2 Å². The van der Waals surface area contributed by atoms with Gasteiger partial charge in [-0.1, -0.05) is 24.2 Å². The lowest BCUT2D eigenvalue weighted by Gasteiger charge is -2.27. The lowest BCUT2D eigenvalue weighted by Crippen LogP contribution is -2.30. The van der Waals surface area contributed by atoms with Gasteiger partial charge in [-0.15, -0.1) is 0 Å². The highest BCUT2D eigenvalue weighted by Gasteiger charge is 2.35. The second-order valence-electron chi connectivity index (χ2n) is 5.06. The zero-order chi connectivity index (χ0) is 17.3. The Morgan fingerprint density at radius 3 is 2.96 bits per heavy atom. The number of nitrogens with zero attached hydrogens (tertiary/aromatic N) is 5. The predicted octanol–water partition coefficient (Wildman–Crippen LogP) is 1.43. The highest BCUT2D eigenvalue weighted by Crippen LogP contribution is 2.36. The number of carbonyl (C=O) groups excluding carboxylic acids is 1. The van der Waals surface area contributed by atoms with Gasteiger partial charge in [0.25, 0.3) is 5.69 Å². The van der Waals surface area contributed by atoms with E-state index in [0.717, 1.165) is 0 Å². The number of ether oxygens (including phenoxy) is 1. The van der Waals surface area contributed by atoms with Crippen LogP contribution < -0.4 is 5.32 Å². The van der Waals surface area contributed by atoms with Crippen molar-refractivity contribution >= 4 is 17.6 Å². The standard InChI is InChI=1S/C14H14N6O4/c1-3-10-11(13(21)24-2)12(19-14(15-10)16-17-18-19)8-5-4-6-9(7-8)20(22)23/h4-7,12H,3H2,1-2H3,(H,15,16,18)/t12-/m1/s1. The maximum Gasteiger partial charge on any atom is 0.338 e. The Bertz CT molecular complexity index is 843. The molecule has 24 heavy (non-hydrogen) atoms. The van der Waals surface area contributed by atoms with E-state index >= 15 is 0 Å². The van der Waals surface area contributed by atoms with Gasteiger partial charge >= 0.3 is 5.97 Å². The van der Waals surface area contributed by atoms with E-state index in [-0.39, 0.29) is 5.69 Å². The van der Waals surface area contributed by atoms with Gasteiger partial charge < -0.3 is 10.1 Å². The zero-order valence-corrected chi connectivity index (χ0v) is 13.0. The van der Waals surface area contributed by atoms with E-state index in [1.54, 1.807) is 12.1 Å². The molecule has 0 saturated heterocycles. The van der Waals surface area contributed by atoms with Crippen molar-refractivity contribution in [3.05, 3.63) is 51.2 Å². The summed E-state index contributed by atoms with van der Waals surface area (Å²) in [5.74, 6) is -0.187. The van der Waals surface area contributed by atoms with Crippen LogP contribution in [0.1, 0.15) is 24.9 Å². The number of benzene rings is 1. The fraction of sp³-hybridized carbons (Fsp3) is 0.286. The summed E-state index contributed by atoms with van der Waals surface area (Å²) < 4.78 is 6.30. The number of hydrogen-bond donors (Lipinski definition) is 1. The van der Waals surface area contributed by atoms with E-state index in [2.05, 4.69) is 20.8 Å². The minimum Gasteiger partial charge on any atom is -0.466 e. The molecule has 1 aliphatic heterocycles. The van der Waals surface area contributed by atoms with Crippen LogP contribution in [0.4, 0.5) is 11.6 Å². The third kappa shape index (κ3) is 2.47. The number of nitro groups is 1. The highest BCUT2D eigenvalue weighted by molar-refractivity contribution is 5.92. The summed E-state index contributed by atoms with van der Waals surface area (Å²) in [5.41, 5.74) is 1.37. The molecule has 1 aromatic carbocycles. The Morgan fingerprint density at radius 2 is 2.29 bits per heavy atom. The maximum atomic E-state index is 12.3. The van der Waals surface area contributed by atoms with Gasteiger partial charge in [0.1, 0.15) is 6.04 Å². The maximum absolute atomic E-state index is 12.3. The minimum atomic E-state index is -0.710. The van der Waals surface area contributed by atoms with E-state index in [4.69, 9.17) is 4.74 Å². The Labute approximate surface area is 136 Å². The molecule has 1 aliphatic rings. The van der Waals surface area contributed by atoms with Crippen LogP contribution in [0, 0.1) is 10.1 Å². The van der Waals surface area contributed by atoms with Crippen LogP contribution >= 0.6 is 0 Å². The molecule has 124 valence electrons. The number of carbonyl (C=O) groups is 1. The molecule has 1 atom stereocenters. The number of esters is 1. The number of nitrogens with one attached hydrogen (secondary N) is 1. The number of nitro benzene ring substituents is 1. The first-order chi connectivity index (χ1) is 11.6. The van der Waals surface area contributed by atoms with E-state index in [1.807, 2.05) is 6.92 Å². The summed E-state index contributed by atoms with van der Waals surface area (Å²) in [4.78, 5) is 22.9. The first kappa shape index (κ1) is 15.6. The number of non-ortho nitro benzene ring substituents is 1. The monoisotopic (exact) mass is 330 g/mol. The van der Waals surface area contributed by atoms with Crippen molar-refractivity contribution in [2.75, 3.05) is 12.4 Å². The first-order valence-corrected chi connectivity index (χ1v) is 7.17. The molecule has 1 aromatic heterocycles. The third-order valence-electron chi connectivity index (χ3n) is 3.75. The van der Waals surface area contributed by atoms with Gasteiger partial charge in [0.15, 0.2) is 0 Å². The molecule has 0 fully saturated rings. The van der Waals surface area contributed by atoms with Crippen LogP contribution in [-0.2, 0) is 9.53 Å². The van der Waals surface area contributed by atoms with Gasteiger partial charge in [-0.25, -0.2) is 4.79 Å². The number of rotatable bonds is 4. The number of tetrazole rings is 1. The molecule has 1 N–H and O–H groups in total. The summed E-state index contributed by atoms with van der Waals surface area (Å²) in [6.45, 7) is 1.87. The molecular formula is C14H14N6O4. The third-order valence-corrected chi connectivity index (χ3v) is 3.75. The van der Waals surface area contributed by atoms with E-state index in [9.17, 15) is 14.9 Å². The summed E-state index contributed by atoms with van der Waals surface area (Å²) in [7, 11) is 1.28.